The Bertz CT molecular complexity index is 725. The van der Waals surface area contributed by atoms with Crippen molar-refractivity contribution in [3.05, 3.63) is 54.0 Å². The summed E-state index contributed by atoms with van der Waals surface area (Å²) in [5.41, 5.74) is 0.772. The first-order valence-corrected chi connectivity index (χ1v) is 5.64. The van der Waals surface area contributed by atoms with Crippen molar-refractivity contribution in [3.8, 4) is 11.3 Å². The maximum Gasteiger partial charge on any atom is 0.223 e. The minimum absolute atomic E-state index is 0.0133. The van der Waals surface area contributed by atoms with E-state index in [2.05, 4.69) is 15.0 Å². The fraction of sp³-hybridized carbons (Fsp3) is 0. The van der Waals surface area contributed by atoms with Crippen LogP contribution in [0.1, 0.15) is 0 Å². The van der Waals surface area contributed by atoms with E-state index in [0.29, 0.717) is 5.56 Å². The molecule has 5 heteroatoms. The zero-order valence-electron chi connectivity index (χ0n) is 9.14. The minimum atomic E-state index is -0.516. The second-order valence-corrected chi connectivity index (χ2v) is 4.08. The molecule has 1 aromatic carbocycles. The molecule has 3 rings (SSSR count). The van der Waals surface area contributed by atoms with Gasteiger partial charge in [0.15, 0.2) is 5.82 Å². The monoisotopic (exact) mass is 259 g/mol. The first-order chi connectivity index (χ1) is 8.75. The van der Waals surface area contributed by atoms with Crippen molar-refractivity contribution in [1.29, 1.82) is 0 Å². The van der Waals surface area contributed by atoms with Gasteiger partial charge in [-0.25, -0.2) is 14.4 Å². The first-order valence-electron chi connectivity index (χ1n) is 5.27. The normalized spacial score (nSPS) is 10.8. The summed E-state index contributed by atoms with van der Waals surface area (Å²) in [6, 6.07) is 7.58. The molecule has 0 fully saturated rings. The highest BCUT2D eigenvalue weighted by atomic mass is 35.5. The van der Waals surface area contributed by atoms with Crippen LogP contribution in [0, 0.1) is 5.82 Å². The van der Waals surface area contributed by atoms with Gasteiger partial charge in [-0.15, -0.1) is 0 Å². The molecule has 0 saturated heterocycles. The van der Waals surface area contributed by atoms with Gasteiger partial charge < -0.3 is 0 Å². The van der Waals surface area contributed by atoms with Gasteiger partial charge in [-0.2, -0.15) is 0 Å². The topological polar surface area (TPSA) is 38.7 Å². The van der Waals surface area contributed by atoms with Crippen molar-refractivity contribution in [2.24, 2.45) is 0 Å². The van der Waals surface area contributed by atoms with Gasteiger partial charge >= 0.3 is 0 Å². The van der Waals surface area contributed by atoms with Crippen molar-refractivity contribution < 1.29 is 4.39 Å². The molecule has 0 aliphatic rings. The molecule has 0 atom stereocenters. The molecule has 0 N–H and O–H groups in total. The number of rotatable bonds is 1. The number of aromatic nitrogens is 3. The molecule has 0 spiro atoms. The quantitative estimate of drug-likeness (QED) is 0.628. The lowest BCUT2D eigenvalue weighted by Crippen LogP contribution is -1.94. The number of hydrogen-bond acceptors (Lipinski definition) is 3. The van der Waals surface area contributed by atoms with Crippen LogP contribution in [0.15, 0.2) is 42.9 Å². The molecule has 0 aliphatic heterocycles. The minimum Gasteiger partial charge on any atom is -0.263 e. The van der Waals surface area contributed by atoms with E-state index in [4.69, 9.17) is 11.6 Å². The van der Waals surface area contributed by atoms with Gasteiger partial charge in [0.2, 0.25) is 5.28 Å². The van der Waals surface area contributed by atoms with Crippen molar-refractivity contribution in [2.75, 3.05) is 0 Å². The summed E-state index contributed by atoms with van der Waals surface area (Å²) >= 11 is 5.71. The van der Waals surface area contributed by atoms with E-state index in [1.165, 1.54) is 0 Å². The lowest BCUT2D eigenvalue weighted by atomic mass is 10.1. The van der Waals surface area contributed by atoms with E-state index < -0.39 is 5.82 Å². The molecule has 0 saturated carbocycles. The Hall–Kier alpha value is -2.07. The molecule has 0 unspecified atom stereocenters. The van der Waals surface area contributed by atoms with Crippen LogP contribution in [0.25, 0.3) is 22.0 Å². The number of halogens is 2. The highest BCUT2D eigenvalue weighted by Gasteiger charge is 2.12. The third kappa shape index (κ3) is 1.80. The number of fused-ring (bicyclic) bond motifs is 1. The molecule has 88 valence electrons. The Labute approximate surface area is 107 Å². The van der Waals surface area contributed by atoms with Crippen molar-refractivity contribution in [1.82, 2.24) is 15.0 Å². The smallest absolute Gasteiger partial charge is 0.223 e. The summed E-state index contributed by atoms with van der Waals surface area (Å²) in [6.07, 6.45) is 4.36. The number of nitrogens with zero attached hydrogens (tertiary/aromatic N) is 3. The standard InChI is InChI=1S/C13H7ClFN3/c14-13-17-7-11(15)12(18-13)10-6-16-5-8-3-1-2-4-9(8)10/h1-7H. The molecule has 3 aromatic rings. The molecule has 0 aliphatic carbocycles. The van der Waals surface area contributed by atoms with Crippen LogP contribution in [0.3, 0.4) is 0 Å². The Morgan fingerprint density at radius 3 is 2.78 bits per heavy atom. The van der Waals surface area contributed by atoms with Gasteiger partial charge in [0.25, 0.3) is 0 Å². The van der Waals surface area contributed by atoms with E-state index >= 15 is 0 Å². The van der Waals surface area contributed by atoms with Gasteiger partial charge in [-0.3, -0.25) is 4.98 Å². The summed E-state index contributed by atoms with van der Waals surface area (Å²) < 4.78 is 13.8. The van der Waals surface area contributed by atoms with Crippen LogP contribution in [0.4, 0.5) is 4.39 Å². The first kappa shape index (κ1) is 11.0. The Balaban J connectivity index is 2.35. The molecular weight excluding hydrogens is 253 g/mol. The van der Waals surface area contributed by atoms with Gasteiger partial charge in [0.05, 0.1) is 6.20 Å². The third-order valence-electron chi connectivity index (χ3n) is 2.64. The van der Waals surface area contributed by atoms with Gasteiger partial charge in [-0.1, -0.05) is 24.3 Å². The van der Waals surface area contributed by atoms with Crippen molar-refractivity contribution in [2.45, 2.75) is 0 Å². The van der Waals surface area contributed by atoms with E-state index in [1.54, 1.807) is 12.4 Å². The summed E-state index contributed by atoms with van der Waals surface area (Å²) in [5.74, 6) is -0.516. The second-order valence-electron chi connectivity index (χ2n) is 3.74. The number of pyridine rings is 1. The fourth-order valence-corrected chi connectivity index (χ4v) is 1.97. The predicted octanol–water partition coefficient (Wildman–Crippen LogP) is 3.48. The molecular formula is C13H7ClFN3. The summed E-state index contributed by atoms with van der Waals surface area (Å²) in [6.45, 7) is 0. The lowest BCUT2D eigenvalue weighted by Gasteiger charge is -2.06. The molecule has 3 nitrogen and oxygen atoms in total. The Morgan fingerprint density at radius 1 is 1.06 bits per heavy atom. The van der Waals surface area contributed by atoms with Crippen molar-refractivity contribution in [3.63, 3.8) is 0 Å². The zero-order chi connectivity index (χ0) is 12.5. The van der Waals surface area contributed by atoms with Crippen LogP contribution in [-0.4, -0.2) is 15.0 Å². The number of benzene rings is 1. The molecule has 0 bridgehead atoms. The maximum absolute atomic E-state index is 13.8. The summed E-state index contributed by atoms with van der Waals surface area (Å²) in [7, 11) is 0. The largest absolute Gasteiger partial charge is 0.263 e. The van der Waals surface area contributed by atoms with E-state index in [1.807, 2.05) is 24.3 Å². The maximum atomic E-state index is 13.8. The zero-order valence-corrected chi connectivity index (χ0v) is 9.89. The molecule has 0 amide bonds. The SMILES string of the molecule is Fc1cnc(Cl)nc1-c1cncc2ccccc12. The Kier molecular flexibility index (Phi) is 2.64. The highest BCUT2D eigenvalue weighted by Crippen LogP contribution is 2.28. The lowest BCUT2D eigenvalue weighted by molar-refractivity contribution is 0.618. The Morgan fingerprint density at radius 2 is 1.89 bits per heavy atom. The fourth-order valence-electron chi connectivity index (χ4n) is 1.84. The van der Waals surface area contributed by atoms with E-state index in [0.717, 1.165) is 17.0 Å². The van der Waals surface area contributed by atoms with Crippen molar-refractivity contribution >= 4 is 22.4 Å². The molecule has 2 aromatic heterocycles. The van der Waals surface area contributed by atoms with Crippen LogP contribution in [0.2, 0.25) is 5.28 Å². The van der Waals surface area contributed by atoms with E-state index in [-0.39, 0.29) is 11.0 Å². The number of hydrogen-bond donors (Lipinski definition) is 0. The van der Waals surface area contributed by atoms with Gasteiger partial charge in [0.1, 0.15) is 5.69 Å². The van der Waals surface area contributed by atoms with Gasteiger partial charge in [0, 0.05) is 23.3 Å². The van der Waals surface area contributed by atoms with Crippen LogP contribution in [-0.2, 0) is 0 Å². The average Bonchev–Trinajstić information content (AvgIpc) is 2.41. The second kappa shape index (κ2) is 4.31. The predicted molar refractivity (Wildman–Crippen MR) is 67.7 cm³/mol. The molecule has 2 heterocycles. The molecule has 18 heavy (non-hydrogen) atoms. The third-order valence-corrected chi connectivity index (χ3v) is 2.82. The van der Waals surface area contributed by atoms with Crippen LogP contribution in [0.5, 0.6) is 0 Å². The van der Waals surface area contributed by atoms with Crippen LogP contribution >= 0.6 is 11.6 Å². The highest BCUT2D eigenvalue weighted by molar-refractivity contribution is 6.28. The summed E-state index contributed by atoms with van der Waals surface area (Å²) in [4.78, 5) is 11.6. The molecule has 0 radical (unpaired) electrons. The van der Waals surface area contributed by atoms with Crippen LogP contribution < -0.4 is 0 Å². The van der Waals surface area contributed by atoms with E-state index in [9.17, 15) is 4.39 Å². The summed E-state index contributed by atoms with van der Waals surface area (Å²) in [5, 5.41) is 1.81. The van der Waals surface area contributed by atoms with Gasteiger partial charge in [-0.05, 0) is 17.0 Å². The average molecular weight is 260 g/mol.